The molecule has 1 amide bonds. The minimum atomic E-state index is -0.336. The maximum atomic E-state index is 11.1. The second-order valence-electron chi connectivity index (χ2n) is 3.34. The first-order chi connectivity index (χ1) is 6.65. The number of hydrogen-bond acceptors (Lipinski definition) is 2. The van der Waals surface area contributed by atoms with Crippen LogP contribution in [0.15, 0.2) is 24.3 Å². The Morgan fingerprint density at radius 1 is 1.57 bits per heavy atom. The molecule has 0 aliphatic heterocycles. The van der Waals surface area contributed by atoms with Crippen LogP contribution < -0.4 is 5.73 Å². The van der Waals surface area contributed by atoms with Crippen LogP contribution in [0.5, 0.6) is 5.75 Å². The molecule has 1 atom stereocenters. The van der Waals surface area contributed by atoms with Gasteiger partial charge in [0.05, 0.1) is 5.92 Å². The highest BCUT2D eigenvalue weighted by atomic mass is 16.3. The summed E-state index contributed by atoms with van der Waals surface area (Å²) in [5.74, 6) is -0.450. The first kappa shape index (κ1) is 10.6. The van der Waals surface area contributed by atoms with E-state index in [1.165, 1.54) is 0 Å². The molecule has 3 nitrogen and oxygen atoms in total. The molecule has 3 N–H and O–H groups in total. The third kappa shape index (κ3) is 2.49. The number of benzene rings is 1. The molecule has 0 aromatic heterocycles. The van der Waals surface area contributed by atoms with Gasteiger partial charge in [-0.15, -0.1) is 0 Å². The summed E-state index contributed by atoms with van der Waals surface area (Å²) in [6, 6.07) is 6.69. The molecule has 0 bridgehead atoms. The smallest absolute Gasteiger partial charge is 0.224 e. The number of rotatable bonds is 4. The van der Waals surface area contributed by atoms with Gasteiger partial charge in [-0.05, 0) is 24.1 Å². The minimum Gasteiger partial charge on any atom is -0.508 e. The highest BCUT2D eigenvalue weighted by Gasteiger charge is 2.16. The fraction of sp³-hybridized carbons (Fsp3) is 0.364. The van der Waals surface area contributed by atoms with E-state index in [0.29, 0.717) is 0 Å². The third-order valence-electron chi connectivity index (χ3n) is 2.19. The molecule has 0 fully saturated rings. The zero-order valence-corrected chi connectivity index (χ0v) is 8.23. The standard InChI is InChI=1S/C11H15NO2/c1-2-4-10(11(12)14)8-5-3-6-9(13)7-8/h3,5-7,10,13H,2,4H2,1H3,(H2,12,14). The Labute approximate surface area is 83.6 Å². The van der Waals surface area contributed by atoms with Gasteiger partial charge in [-0.3, -0.25) is 4.79 Å². The van der Waals surface area contributed by atoms with Gasteiger partial charge in [0.1, 0.15) is 5.75 Å². The highest BCUT2D eigenvalue weighted by Crippen LogP contribution is 2.23. The van der Waals surface area contributed by atoms with Crippen LogP contribution in [0.4, 0.5) is 0 Å². The van der Waals surface area contributed by atoms with Crippen molar-refractivity contribution in [3.63, 3.8) is 0 Å². The van der Waals surface area contributed by atoms with Gasteiger partial charge in [-0.25, -0.2) is 0 Å². The van der Waals surface area contributed by atoms with Gasteiger partial charge in [-0.1, -0.05) is 25.5 Å². The predicted octanol–water partition coefficient (Wildman–Crippen LogP) is 1.76. The van der Waals surface area contributed by atoms with E-state index in [4.69, 9.17) is 5.73 Å². The highest BCUT2D eigenvalue weighted by molar-refractivity contribution is 5.81. The average Bonchev–Trinajstić information content (AvgIpc) is 2.13. The van der Waals surface area contributed by atoms with Crippen LogP contribution in [0.2, 0.25) is 0 Å². The molecule has 1 unspecified atom stereocenters. The van der Waals surface area contributed by atoms with E-state index in [1.807, 2.05) is 13.0 Å². The summed E-state index contributed by atoms with van der Waals surface area (Å²) in [7, 11) is 0. The Balaban J connectivity index is 2.93. The monoisotopic (exact) mass is 193 g/mol. The topological polar surface area (TPSA) is 63.3 Å². The number of phenols is 1. The Hall–Kier alpha value is -1.51. The zero-order valence-electron chi connectivity index (χ0n) is 8.23. The Kier molecular flexibility index (Phi) is 3.51. The fourth-order valence-corrected chi connectivity index (χ4v) is 1.50. The number of aromatic hydroxyl groups is 1. The van der Waals surface area contributed by atoms with Crippen molar-refractivity contribution in [2.75, 3.05) is 0 Å². The normalized spacial score (nSPS) is 12.4. The van der Waals surface area contributed by atoms with E-state index in [9.17, 15) is 9.90 Å². The summed E-state index contributed by atoms with van der Waals surface area (Å²) in [6.07, 6.45) is 1.61. The lowest BCUT2D eigenvalue weighted by atomic mass is 9.94. The SMILES string of the molecule is CCCC(C(N)=O)c1cccc(O)c1. The first-order valence-electron chi connectivity index (χ1n) is 4.73. The van der Waals surface area contributed by atoms with Crippen molar-refractivity contribution in [3.8, 4) is 5.75 Å². The molecule has 1 aromatic rings. The van der Waals surface area contributed by atoms with Gasteiger partial charge < -0.3 is 10.8 Å². The molecule has 3 heteroatoms. The minimum absolute atomic E-state index is 0.171. The van der Waals surface area contributed by atoms with Crippen LogP contribution in [0.1, 0.15) is 31.2 Å². The number of carbonyl (C=O) groups is 1. The molecule has 14 heavy (non-hydrogen) atoms. The van der Waals surface area contributed by atoms with E-state index in [1.54, 1.807) is 18.2 Å². The van der Waals surface area contributed by atoms with E-state index in [0.717, 1.165) is 18.4 Å². The van der Waals surface area contributed by atoms with Gasteiger partial charge in [-0.2, -0.15) is 0 Å². The van der Waals surface area contributed by atoms with Gasteiger partial charge in [0.25, 0.3) is 0 Å². The van der Waals surface area contributed by atoms with E-state index in [2.05, 4.69) is 0 Å². The molecule has 0 saturated heterocycles. The van der Waals surface area contributed by atoms with Crippen molar-refractivity contribution in [3.05, 3.63) is 29.8 Å². The lowest BCUT2D eigenvalue weighted by Crippen LogP contribution is -2.21. The number of phenolic OH excluding ortho intramolecular Hbond substituents is 1. The zero-order chi connectivity index (χ0) is 10.6. The van der Waals surface area contributed by atoms with Crippen LogP contribution in [0, 0.1) is 0 Å². The van der Waals surface area contributed by atoms with Gasteiger partial charge in [0.2, 0.25) is 5.91 Å². The number of amides is 1. The molecule has 0 aliphatic carbocycles. The van der Waals surface area contributed by atoms with Crippen LogP contribution in [0.3, 0.4) is 0 Å². The van der Waals surface area contributed by atoms with Crippen LogP contribution >= 0.6 is 0 Å². The van der Waals surface area contributed by atoms with Crippen molar-refractivity contribution in [2.24, 2.45) is 5.73 Å². The van der Waals surface area contributed by atoms with Crippen molar-refractivity contribution < 1.29 is 9.90 Å². The van der Waals surface area contributed by atoms with Gasteiger partial charge >= 0.3 is 0 Å². The number of hydrogen-bond donors (Lipinski definition) is 2. The van der Waals surface area contributed by atoms with Crippen LogP contribution in [-0.4, -0.2) is 11.0 Å². The second-order valence-corrected chi connectivity index (χ2v) is 3.34. The van der Waals surface area contributed by atoms with Crippen molar-refractivity contribution in [1.82, 2.24) is 0 Å². The fourth-order valence-electron chi connectivity index (χ4n) is 1.50. The molecule has 0 saturated carbocycles. The molecular weight excluding hydrogens is 178 g/mol. The Bertz CT molecular complexity index is 323. The predicted molar refractivity (Wildman–Crippen MR) is 55.0 cm³/mol. The Morgan fingerprint density at radius 2 is 2.29 bits per heavy atom. The summed E-state index contributed by atoms with van der Waals surface area (Å²) in [4.78, 5) is 11.1. The summed E-state index contributed by atoms with van der Waals surface area (Å²) in [6.45, 7) is 2.00. The van der Waals surface area contributed by atoms with E-state index < -0.39 is 0 Å². The van der Waals surface area contributed by atoms with Crippen LogP contribution in [-0.2, 0) is 4.79 Å². The lowest BCUT2D eigenvalue weighted by Gasteiger charge is -2.12. The maximum absolute atomic E-state index is 11.1. The van der Waals surface area contributed by atoms with Crippen molar-refractivity contribution >= 4 is 5.91 Å². The molecule has 0 spiro atoms. The van der Waals surface area contributed by atoms with E-state index >= 15 is 0 Å². The quantitative estimate of drug-likeness (QED) is 0.765. The molecule has 1 rings (SSSR count). The van der Waals surface area contributed by atoms with Gasteiger partial charge in [0.15, 0.2) is 0 Å². The number of carbonyl (C=O) groups excluding carboxylic acids is 1. The molecular formula is C11H15NO2. The lowest BCUT2D eigenvalue weighted by molar-refractivity contribution is -0.119. The number of nitrogens with two attached hydrogens (primary N) is 1. The first-order valence-corrected chi connectivity index (χ1v) is 4.73. The summed E-state index contributed by atoms with van der Waals surface area (Å²) >= 11 is 0. The summed E-state index contributed by atoms with van der Waals surface area (Å²) in [5, 5.41) is 9.26. The van der Waals surface area contributed by atoms with E-state index in [-0.39, 0.29) is 17.6 Å². The molecule has 1 aromatic carbocycles. The molecule has 0 aliphatic rings. The second kappa shape index (κ2) is 4.65. The summed E-state index contributed by atoms with van der Waals surface area (Å²) in [5.41, 5.74) is 6.08. The van der Waals surface area contributed by atoms with Gasteiger partial charge in [0, 0.05) is 0 Å². The van der Waals surface area contributed by atoms with Crippen molar-refractivity contribution in [2.45, 2.75) is 25.7 Å². The maximum Gasteiger partial charge on any atom is 0.224 e. The molecule has 76 valence electrons. The van der Waals surface area contributed by atoms with Crippen molar-refractivity contribution in [1.29, 1.82) is 0 Å². The average molecular weight is 193 g/mol. The molecule has 0 heterocycles. The van der Waals surface area contributed by atoms with Crippen LogP contribution in [0.25, 0.3) is 0 Å². The summed E-state index contributed by atoms with van der Waals surface area (Å²) < 4.78 is 0. The third-order valence-corrected chi connectivity index (χ3v) is 2.19. The number of primary amides is 1. The molecule has 0 radical (unpaired) electrons. The largest absolute Gasteiger partial charge is 0.508 e. The Morgan fingerprint density at radius 3 is 2.79 bits per heavy atom.